The van der Waals surface area contributed by atoms with Gasteiger partial charge in [0, 0.05) is 68.2 Å². The Morgan fingerprint density at radius 1 is 0.921 bits per heavy atom. The number of nitrogens with one attached hydrogen (secondary N) is 3. The van der Waals surface area contributed by atoms with E-state index in [1.165, 1.54) is 12.4 Å². The van der Waals surface area contributed by atoms with Crippen molar-refractivity contribution in [3.63, 3.8) is 0 Å². The quantitative estimate of drug-likeness (QED) is 0.154. The van der Waals surface area contributed by atoms with E-state index in [-0.39, 0.29) is 47.4 Å². The second-order valence-corrected chi connectivity index (χ2v) is 17.3. The van der Waals surface area contributed by atoms with Gasteiger partial charge < -0.3 is 20.4 Å². The van der Waals surface area contributed by atoms with Gasteiger partial charge in [-0.05, 0) is 99.9 Å². The smallest absolute Gasteiger partial charge is 0.262 e. The highest BCUT2D eigenvalue weighted by Crippen LogP contribution is 2.34. The lowest BCUT2D eigenvalue weighted by atomic mass is 9.85. The van der Waals surface area contributed by atoms with Gasteiger partial charge in [0.25, 0.3) is 17.7 Å². The first kappa shape index (κ1) is 41.8. The summed E-state index contributed by atoms with van der Waals surface area (Å²) in [6, 6.07) is 14.8. The Labute approximate surface area is 367 Å². The van der Waals surface area contributed by atoms with Gasteiger partial charge in [-0.15, -0.1) is 0 Å². The van der Waals surface area contributed by atoms with Gasteiger partial charge in [0.05, 0.1) is 39.5 Å². The van der Waals surface area contributed by atoms with Gasteiger partial charge in [0.2, 0.25) is 17.8 Å². The van der Waals surface area contributed by atoms with E-state index in [0.717, 1.165) is 79.4 Å². The van der Waals surface area contributed by atoms with Crippen molar-refractivity contribution in [2.24, 2.45) is 5.92 Å². The van der Waals surface area contributed by atoms with Crippen molar-refractivity contribution in [1.82, 2.24) is 35.4 Å². The molecule has 6 heterocycles. The minimum absolute atomic E-state index is 0.0697. The first-order valence-corrected chi connectivity index (χ1v) is 21.7. The number of nitriles is 1. The second-order valence-electron chi connectivity index (χ2n) is 16.9. The molecule has 1 saturated carbocycles. The topological polar surface area (TPSA) is 197 Å². The lowest BCUT2D eigenvalue weighted by Crippen LogP contribution is -2.54. The zero-order valence-electron chi connectivity index (χ0n) is 34.6. The van der Waals surface area contributed by atoms with Crippen LogP contribution < -0.4 is 25.8 Å². The number of fused-ring (bicyclic) bond motifs is 2. The molecule has 2 atom stereocenters. The molecule has 1 aliphatic carbocycles. The van der Waals surface area contributed by atoms with Crippen LogP contribution in [0.5, 0.6) is 0 Å². The molecule has 2 aromatic carbocycles. The summed E-state index contributed by atoms with van der Waals surface area (Å²) in [6.45, 7) is 6.53. The number of piperazine rings is 1. The number of piperidine rings is 1. The number of nitrogens with zero attached hydrogens (tertiary/aromatic N) is 8. The minimum Gasteiger partial charge on any atom is -0.369 e. The van der Waals surface area contributed by atoms with Gasteiger partial charge >= 0.3 is 0 Å². The molecule has 0 bridgehead atoms. The highest BCUT2D eigenvalue weighted by Gasteiger charge is 2.45. The van der Waals surface area contributed by atoms with E-state index in [1.807, 2.05) is 12.1 Å². The molecular formula is C45H45ClFN11O5. The molecule has 63 heavy (non-hydrogen) atoms. The second kappa shape index (κ2) is 17.3. The number of carbonyl (C=O) groups excluding carboxylic acids is 5. The average molecular weight is 874 g/mol. The predicted octanol–water partition coefficient (Wildman–Crippen LogP) is 4.74. The summed E-state index contributed by atoms with van der Waals surface area (Å²) < 4.78 is 15.4. The third kappa shape index (κ3) is 8.40. The van der Waals surface area contributed by atoms with E-state index in [4.69, 9.17) is 11.6 Å². The minimum atomic E-state index is -1.00. The molecule has 9 rings (SSSR count). The number of pyridine rings is 1. The normalized spacial score (nSPS) is 22.6. The molecule has 5 amide bonds. The number of halogens is 2. The molecule has 4 aliphatic heterocycles. The summed E-state index contributed by atoms with van der Waals surface area (Å²) >= 11 is 6.27. The number of amides is 5. The molecule has 324 valence electrons. The van der Waals surface area contributed by atoms with Crippen LogP contribution in [0.15, 0.2) is 54.9 Å². The van der Waals surface area contributed by atoms with Crippen LogP contribution in [0, 0.1) is 23.2 Å². The first-order valence-electron chi connectivity index (χ1n) is 21.3. The maximum absolute atomic E-state index is 15.4. The number of benzene rings is 2. The molecule has 0 spiro atoms. The van der Waals surface area contributed by atoms with Gasteiger partial charge in [0.1, 0.15) is 30.1 Å². The maximum Gasteiger partial charge on any atom is 0.262 e. The summed E-state index contributed by atoms with van der Waals surface area (Å²) in [7, 11) is 0. The largest absolute Gasteiger partial charge is 0.369 e. The Kier molecular flexibility index (Phi) is 11.5. The highest BCUT2D eigenvalue weighted by molar-refractivity contribution is 6.32. The number of imide groups is 2. The van der Waals surface area contributed by atoms with Crippen LogP contribution >= 0.6 is 11.6 Å². The van der Waals surface area contributed by atoms with Crippen molar-refractivity contribution in [1.29, 1.82) is 5.26 Å². The zero-order chi connectivity index (χ0) is 43.9. The third-order valence-corrected chi connectivity index (χ3v) is 13.3. The van der Waals surface area contributed by atoms with Crippen LogP contribution in [-0.4, -0.2) is 105 Å². The van der Waals surface area contributed by atoms with E-state index in [0.29, 0.717) is 41.8 Å². The monoisotopic (exact) mass is 873 g/mol. The van der Waals surface area contributed by atoms with Crippen LogP contribution in [0.1, 0.15) is 93.3 Å². The fourth-order valence-electron chi connectivity index (χ4n) is 9.51. The highest BCUT2D eigenvalue weighted by atomic mass is 35.5. The predicted molar refractivity (Wildman–Crippen MR) is 230 cm³/mol. The van der Waals surface area contributed by atoms with Crippen LogP contribution in [0.4, 0.5) is 27.4 Å². The zero-order valence-corrected chi connectivity index (χ0v) is 35.3. The van der Waals surface area contributed by atoms with Crippen molar-refractivity contribution >= 4 is 64.1 Å². The van der Waals surface area contributed by atoms with E-state index in [2.05, 4.69) is 58.6 Å². The van der Waals surface area contributed by atoms with E-state index >= 15 is 4.39 Å². The SMILES string of the molecule is C[C@H]1CN(c2ccc3c(c2)C(=O)N(C2CCC(=O)NC2=O)C3=O)CCN1CC1CCC(NC(=O)c2ccc(Nc3ncnc4c3CCN(c3ccc(C#N)c(Cl)c3)C4)nc2F)CC1. The van der Waals surface area contributed by atoms with E-state index < -0.39 is 41.5 Å². The Bertz CT molecular complexity index is 2580. The lowest BCUT2D eigenvalue weighted by molar-refractivity contribution is -0.136. The molecule has 3 N–H and O–H groups in total. The van der Waals surface area contributed by atoms with Gasteiger partial charge in [-0.25, -0.2) is 15.0 Å². The fourth-order valence-corrected chi connectivity index (χ4v) is 9.73. The molecule has 3 fully saturated rings. The summed E-state index contributed by atoms with van der Waals surface area (Å²) in [4.78, 5) is 84.7. The number of aromatic nitrogens is 3. The number of hydrogen-bond acceptors (Lipinski definition) is 13. The van der Waals surface area contributed by atoms with Crippen LogP contribution in [0.3, 0.4) is 0 Å². The van der Waals surface area contributed by atoms with Crippen LogP contribution in [-0.2, 0) is 22.6 Å². The molecule has 5 aliphatic rings. The Morgan fingerprint density at radius 3 is 2.44 bits per heavy atom. The number of rotatable bonds is 9. The number of hydrogen-bond donors (Lipinski definition) is 3. The van der Waals surface area contributed by atoms with Crippen molar-refractivity contribution in [2.75, 3.05) is 47.8 Å². The van der Waals surface area contributed by atoms with Crippen molar-refractivity contribution in [3.05, 3.63) is 99.3 Å². The number of carbonyl (C=O) groups is 5. The summed E-state index contributed by atoms with van der Waals surface area (Å²) in [6.07, 6.45) is 5.65. The average Bonchev–Trinajstić information content (AvgIpc) is 3.52. The molecule has 2 aromatic heterocycles. The molecule has 0 radical (unpaired) electrons. The summed E-state index contributed by atoms with van der Waals surface area (Å²) in [5.41, 5.74) is 4.24. The van der Waals surface area contributed by atoms with Crippen LogP contribution in [0.25, 0.3) is 0 Å². The Balaban J connectivity index is 0.741. The van der Waals surface area contributed by atoms with Crippen LogP contribution in [0.2, 0.25) is 5.02 Å². The lowest BCUT2D eigenvalue weighted by Gasteiger charge is -2.43. The van der Waals surface area contributed by atoms with Gasteiger partial charge in [-0.2, -0.15) is 9.65 Å². The molecular weight excluding hydrogens is 829 g/mol. The molecule has 2 saturated heterocycles. The molecule has 18 heteroatoms. The van der Waals surface area contributed by atoms with Gasteiger partial charge in [0.15, 0.2) is 0 Å². The summed E-state index contributed by atoms with van der Waals surface area (Å²) in [5.74, 6) is -2.26. The summed E-state index contributed by atoms with van der Waals surface area (Å²) in [5, 5.41) is 18.0. The fraction of sp³-hybridized carbons (Fsp3) is 0.400. The van der Waals surface area contributed by atoms with E-state index in [1.54, 1.807) is 30.3 Å². The standard InChI is InChI=1S/C45H45ClFN11O5/c1-25-21-57(29-8-9-31-34(18-29)45(63)58(44(31)62)37-11-13-39(59)54-43(37)61)17-16-55(25)22-26-2-5-28(6-3-26)51-42(60)33-10-12-38(52-40(33)47)53-41-32-14-15-56(23-36(32)49-24-50-41)30-7-4-27(20-48)35(46)19-30/h4,7-10,12,18-19,24-26,28,37H,2-3,5-6,11,13-17,21-23H2,1H3,(H,51,60)(H,54,59,61)(H,49,50,52,53)/t25-,26?,28?,37?/m0/s1. The van der Waals surface area contributed by atoms with E-state index in [9.17, 15) is 29.2 Å². The Hall–Kier alpha value is -6.51. The van der Waals surface area contributed by atoms with Gasteiger partial charge in [-0.1, -0.05) is 11.6 Å². The van der Waals surface area contributed by atoms with Crippen molar-refractivity contribution in [2.45, 2.75) is 76.5 Å². The van der Waals surface area contributed by atoms with Crippen molar-refractivity contribution < 1.29 is 28.4 Å². The molecule has 4 aromatic rings. The maximum atomic E-state index is 15.4. The first-order chi connectivity index (χ1) is 30.4. The molecule has 16 nitrogen and oxygen atoms in total. The third-order valence-electron chi connectivity index (χ3n) is 13.0. The molecule has 1 unspecified atom stereocenters. The van der Waals surface area contributed by atoms with Gasteiger partial charge in [-0.3, -0.25) is 39.1 Å². The Morgan fingerprint density at radius 2 is 1.70 bits per heavy atom. The van der Waals surface area contributed by atoms with Crippen molar-refractivity contribution in [3.8, 4) is 6.07 Å². The number of anilines is 4.